The van der Waals surface area contributed by atoms with Gasteiger partial charge in [-0.2, -0.15) is 0 Å². The Bertz CT molecular complexity index is 371. The molecule has 0 saturated carbocycles. The van der Waals surface area contributed by atoms with Crippen LogP contribution < -0.4 is 0 Å². The lowest BCUT2D eigenvalue weighted by atomic mass is 10.2. The molecule has 72 valence electrons. The molecule has 0 heterocycles. The fraction of sp³-hybridized carbons (Fsp3) is 0.182. The number of aliphatic carboxylic acids is 1. The molecule has 0 aromatic heterocycles. The molecule has 0 bridgehead atoms. The van der Waals surface area contributed by atoms with Crippen LogP contribution in [0.15, 0.2) is 24.3 Å². The SMILES string of the molecule is O=C(O)CCC#Cc1ccc(F)cc1. The topological polar surface area (TPSA) is 37.3 Å². The van der Waals surface area contributed by atoms with E-state index in [1.807, 2.05) is 0 Å². The van der Waals surface area contributed by atoms with E-state index in [0.717, 1.165) is 0 Å². The predicted molar refractivity (Wildman–Crippen MR) is 50.1 cm³/mol. The summed E-state index contributed by atoms with van der Waals surface area (Å²) in [6, 6.07) is 5.76. The second-order valence-electron chi connectivity index (χ2n) is 2.70. The summed E-state index contributed by atoms with van der Waals surface area (Å²) in [5, 5.41) is 8.33. The van der Waals surface area contributed by atoms with Gasteiger partial charge in [-0.15, -0.1) is 0 Å². The van der Waals surface area contributed by atoms with Gasteiger partial charge < -0.3 is 5.11 Å². The van der Waals surface area contributed by atoms with Crippen molar-refractivity contribution in [1.82, 2.24) is 0 Å². The van der Waals surface area contributed by atoms with Crippen molar-refractivity contribution < 1.29 is 14.3 Å². The molecule has 14 heavy (non-hydrogen) atoms. The van der Waals surface area contributed by atoms with Crippen LogP contribution in [0, 0.1) is 17.7 Å². The lowest BCUT2D eigenvalue weighted by molar-refractivity contribution is -0.136. The minimum atomic E-state index is -0.863. The third-order valence-corrected chi connectivity index (χ3v) is 1.54. The zero-order valence-corrected chi connectivity index (χ0v) is 7.46. The van der Waals surface area contributed by atoms with Gasteiger partial charge in [0.25, 0.3) is 0 Å². The van der Waals surface area contributed by atoms with Crippen LogP contribution in [0.4, 0.5) is 4.39 Å². The highest BCUT2D eigenvalue weighted by molar-refractivity contribution is 5.67. The minimum absolute atomic E-state index is 0.0359. The Morgan fingerprint density at radius 1 is 1.36 bits per heavy atom. The molecule has 0 radical (unpaired) electrons. The number of rotatable bonds is 2. The van der Waals surface area contributed by atoms with Crippen molar-refractivity contribution >= 4 is 5.97 Å². The van der Waals surface area contributed by atoms with E-state index in [4.69, 9.17) is 5.11 Å². The predicted octanol–water partition coefficient (Wildman–Crippen LogP) is 2.04. The highest BCUT2D eigenvalue weighted by atomic mass is 19.1. The summed E-state index contributed by atoms with van der Waals surface area (Å²) in [6.45, 7) is 0. The Morgan fingerprint density at radius 3 is 2.57 bits per heavy atom. The second kappa shape index (κ2) is 5.03. The van der Waals surface area contributed by atoms with Crippen molar-refractivity contribution in [3.05, 3.63) is 35.6 Å². The van der Waals surface area contributed by atoms with Crippen LogP contribution in [0.25, 0.3) is 0 Å². The van der Waals surface area contributed by atoms with Crippen LogP contribution in [0.1, 0.15) is 18.4 Å². The maximum absolute atomic E-state index is 12.5. The van der Waals surface area contributed by atoms with Gasteiger partial charge in [-0.05, 0) is 24.3 Å². The molecule has 2 nitrogen and oxygen atoms in total. The lowest BCUT2D eigenvalue weighted by Crippen LogP contribution is -1.91. The summed E-state index contributed by atoms with van der Waals surface area (Å²) < 4.78 is 12.5. The van der Waals surface area contributed by atoms with Crippen molar-refractivity contribution in [2.45, 2.75) is 12.8 Å². The smallest absolute Gasteiger partial charge is 0.304 e. The third kappa shape index (κ3) is 3.72. The number of carbonyl (C=O) groups is 1. The fourth-order valence-electron chi connectivity index (χ4n) is 0.867. The molecule has 1 N–H and O–H groups in total. The van der Waals surface area contributed by atoms with Gasteiger partial charge in [0, 0.05) is 12.0 Å². The molecule has 3 heteroatoms. The molecule has 0 spiro atoms. The Kier molecular flexibility index (Phi) is 3.69. The zero-order valence-electron chi connectivity index (χ0n) is 7.46. The van der Waals surface area contributed by atoms with Crippen LogP contribution in [-0.2, 0) is 4.79 Å². The lowest BCUT2D eigenvalue weighted by Gasteiger charge is -1.89. The van der Waals surface area contributed by atoms with Crippen molar-refractivity contribution in [3.8, 4) is 11.8 Å². The molecular weight excluding hydrogens is 183 g/mol. The molecule has 1 rings (SSSR count). The van der Waals surface area contributed by atoms with Crippen LogP contribution >= 0.6 is 0 Å². The summed E-state index contributed by atoms with van der Waals surface area (Å²) in [5.74, 6) is 4.28. The molecule has 0 amide bonds. The van der Waals surface area contributed by atoms with Crippen LogP contribution in [0.2, 0.25) is 0 Å². The van der Waals surface area contributed by atoms with Crippen molar-refractivity contribution in [1.29, 1.82) is 0 Å². The molecule has 0 fully saturated rings. The van der Waals surface area contributed by atoms with E-state index in [2.05, 4.69) is 11.8 Å². The average Bonchev–Trinajstić information content (AvgIpc) is 2.15. The van der Waals surface area contributed by atoms with Gasteiger partial charge in [-0.3, -0.25) is 4.79 Å². The number of hydrogen-bond donors (Lipinski definition) is 1. The Balaban J connectivity index is 2.51. The summed E-state index contributed by atoms with van der Waals surface area (Å²) in [7, 11) is 0. The number of hydrogen-bond acceptors (Lipinski definition) is 1. The van der Waals surface area contributed by atoms with Gasteiger partial charge >= 0.3 is 5.97 Å². The molecule has 0 unspecified atom stereocenters. The fourth-order valence-corrected chi connectivity index (χ4v) is 0.867. The summed E-state index contributed by atoms with van der Waals surface area (Å²) >= 11 is 0. The molecule has 0 saturated heterocycles. The first-order chi connectivity index (χ1) is 6.68. The highest BCUT2D eigenvalue weighted by Crippen LogP contribution is 2.00. The Morgan fingerprint density at radius 2 is 2.00 bits per heavy atom. The monoisotopic (exact) mass is 192 g/mol. The molecule has 0 aliphatic carbocycles. The van der Waals surface area contributed by atoms with Crippen LogP contribution in [0.3, 0.4) is 0 Å². The number of carboxylic acid groups (broad SMARTS) is 1. The van der Waals surface area contributed by atoms with E-state index in [-0.39, 0.29) is 12.2 Å². The maximum Gasteiger partial charge on any atom is 0.304 e. The summed E-state index contributed by atoms with van der Waals surface area (Å²) in [6.07, 6.45) is 0.348. The largest absolute Gasteiger partial charge is 0.481 e. The molecule has 0 aliphatic heterocycles. The van der Waals surface area contributed by atoms with Crippen molar-refractivity contribution in [2.24, 2.45) is 0 Å². The van der Waals surface area contributed by atoms with Gasteiger partial charge in [-0.25, -0.2) is 4.39 Å². The molecule has 1 aromatic carbocycles. The van der Waals surface area contributed by atoms with Crippen molar-refractivity contribution in [3.63, 3.8) is 0 Å². The molecule has 0 atom stereocenters. The first-order valence-corrected chi connectivity index (χ1v) is 4.15. The first kappa shape index (κ1) is 10.3. The van der Waals surface area contributed by atoms with E-state index in [9.17, 15) is 9.18 Å². The quantitative estimate of drug-likeness (QED) is 0.728. The summed E-state index contributed by atoms with van der Waals surface area (Å²) in [4.78, 5) is 10.1. The third-order valence-electron chi connectivity index (χ3n) is 1.54. The maximum atomic E-state index is 12.5. The number of benzene rings is 1. The second-order valence-corrected chi connectivity index (χ2v) is 2.70. The molecular formula is C11H9FO2. The van der Waals surface area contributed by atoms with Gasteiger partial charge in [-0.1, -0.05) is 11.8 Å². The minimum Gasteiger partial charge on any atom is -0.481 e. The van der Waals surface area contributed by atoms with E-state index >= 15 is 0 Å². The van der Waals surface area contributed by atoms with Gasteiger partial charge in [0.2, 0.25) is 0 Å². The van der Waals surface area contributed by atoms with Gasteiger partial charge in [0.05, 0.1) is 6.42 Å². The molecule has 0 aliphatic rings. The highest BCUT2D eigenvalue weighted by Gasteiger charge is 1.92. The van der Waals surface area contributed by atoms with Gasteiger partial charge in [0.15, 0.2) is 0 Å². The van der Waals surface area contributed by atoms with E-state index in [1.54, 1.807) is 12.1 Å². The Hall–Kier alpha value is -1.82. The van der Waals surface area contributed by atoms with Gasteiger partial charge in [0.1, 0.15) is 5.82 Å². The van der Waals surface area contributed by atoms with Crippen molar-refractivity contribution in [2.75, 3.05) is 0 Å². The molecule has 1 aromatic rings. The van der Waals surface area contributed by atoms with E-state index < -0.39 is 5.97 Å². The standard InChI is InChI=1S/C11H9FO2/c12-10-7-5-9(6-8-10)3-1-2-4-11(13)14/h5-8H,2,4H2,(H,13,14). The average molecular weight is 192 g/mol. The first-order valence-electron chi connectivity index (χ1n) is 4.15. The number of carboxylic acids is 1. The number of halogens is 1. The summed E-state index contributed by atoms with van der Waals surface area (Å²) in [5.41, 5.74) is 0.691. The normalized spacial score (nSPS) is 8.93. The van der Waals surface area contributed by atoms with Crippen LogP contribution in [0.5, 0.6) is 0 Å². The van der Waals surface area contributed by atoms with E-state index in [1.165, 1.54) is 12.1 Å². The van der Waals surface area contributed by atoms with E-state index in [0.29, 0.717) is 12.0 Å². The van der Waals surface area contributed by atoms with Crippen LogP contribution in [-0.4, -0.2) is 11.1 Å². The Labute approximate surface area is 81.4 Å². The zero-order chi connectivity index (χ0) is 10.4.